The maximum atomic E-state index is 12.9. The lowest BCUT2D eigenvalue weighted by Crippen LogP contribution is -2.19. The standard InChI is InChI=1S/C16H9ClF9P/c1-8-2-9(14(18,19)20)5-12(3-8)27(17)13-6-10(15(21,22)23)4-11(7-13)16(24,25)26/h2-7H,1H3. The quantitative estimate of drug-likeness (QED) is 0.364. The predicted octanol–water partition coefficient (Wildman–Crippen LogP) is 6.64. The van der Waals surface area contributed by atoms with Gasteiger partial charge in [0.05, 0.1) is 24.0 Å². The van der Waals surface area contributed by atoms with E-state index in [0.717, 1.165) is 6.07 Å². The van der Waals surface area contributed by atoms with Crippen LogP contribution in [0.3, 0.4) is 0 Å². The van der Waals surface area contributed by atoms with Crippen LogP contribution in [0.25, 0.3) is 0 Å². The topological polar surface area (TPSA) is 0 Å². The van der Waals surface area contributed by atoms with E-state index in [9.17, 15) is 39.5 Å². The van der Waals surface area contributed by atoms with E-state index in [0.29, 0.717) is 18.2 Å². The molecule has 0 heterocycles. The van der Waals surface area contributed by atoms with Gasteiger partial charge in [0, 0.05) is 0 Å². The Morgan fingerprint density at radius 2 is 0.926 bits per heavy atom. The fourth-order valence-corrected chi connectivity index (χ4v) is 4.20. The van der Waals surface area contributed by atoms with E-state index in [1.54, 1.807) is 0 Å². The predicted molar refractivity (Wildman–Crippen MR) is 84.7 cm³/mol. The summed E-state index contributed by atoms with van der Waals surface area (Å²) in [7, 11) is -2.40. The Morgan fingerprint density at radius 1 is 0.593 bits per heavy atom. The van der Waals surface area contributed by atoms with E-state index in [2.05, 4.69) is 0 Å². The van der Waals surface area contributed by atoms with Crippen LogP contribution in [0.2, 0.25) is 0 Å². The van der Waals surface area contributed by atoms with E-state index in [-0.39, 0.29) is 16.9 Å². The summed E-state index contributed by atoms with van der Waals surface area (Å²) in [6, 6.07) is 3.39. The molecule has 0 aromatic heterocycles. The molecule has 0 fully saturated rings. The number of aryl methyl sites for hydroxylation is 1. The van der Waals surface area contributed by atoms with Gasteiger partial charge in [-0.25, -0.2) is 0 Å². The highest BCUT2D eigenvalue weighted by Gasteiger charge is 2.38. The molecule has 1 unspecified atom stereocenters. The highest BCUT2D eigenvalue weighted by Crippen LogP contribution is 2.44. The summed E-state index contributed by atoms with van der Waals surface area (Å²) < 4.78 is 116. The lowest BCUT2D eigenvalue weighted by Gasteiger charge is -2.18. The average Bonchev–Trinajstić information content (AvgIpc) is 2.50. The first-order valence-corrected chi connectivity index (χ1v) is 9.28. The van der Waals surface area contributed by atoms with E-state index in [4.69, 9.17) is 11.2 Å². The number of alkyl halides is 9. The summed E-state index contributed by atoms with van der Waals surface area (Å²) in [4.78, 5) is 0. The van der Waals surface area contributed by atoms with Crippen molar-refractivity contribution in [3.8, 4) is 0 Å². The van der Waals surface area contributed by atoms with Crippen molar-refractivity contribution < 1.29 is 39.5 Å². The second kappa shape index (κ2) is 7.17. The molecule has 148 valence electrons. The first kappa shape index (κ1) is 21.8. The molecule has 0 nitrogen and oxygen atoms in total. The normalized spacial score (nSPS) is 14.3. The van der Waals surface area contributed by atoms with Gasteiger partial charge in [0.1, 0.15) is 0 Å². The molecule has 0 saturated heterocycles. The zero-order valence-electron chi connectivity index (χ0n) is 13.2. The maximum Gasteiger partial charge on any atom is 0.416 e. The van der Waals surface area contributed by atoms with Gasteiger partial charge in [-0.3, -0.25) is 0 Å². The molecule has 11 heteroatoms. The minimum Gasteiger partial charge on any atom is -0.166 e. The molecule has 0 radical (unpaired) electrons. The molecule has 27 heavy (non-hydrogen) atoms. The molecule has 2 aromatic rings. The van der Waals surface area contributed by atoms with Gasteiger partial charge in [-0.1, -0.05) is 17.3 Å². The Hall–Kier alpha value is -1.47. The molecular weight excluding hydrogens is 430 g/mol. The molecule has 2 rings (SSSR count). The third-order valence-electron chi connectivity index (χ3n) is 3.42. The minimum absolute atomic E-state index is 0.0685. The molecule has 1 atom stereocenters. The second-order valence-corrected chi connectivity index (χ2v) is 8.21. The van der Waals surface area contributed by atoms with Crippen molar-refractivity contribution in [1.29, 1.82) is 0 Å². The summed E-state index contributed by atoms with van der Waals surface area (Å²) in [5.74, 6) is 0. The largest absolute Gasteiger partial charge is 0.416 e. The van der Waals surface area contributed by atoms with Crippen molar-refractivity contribution in [3.05, 3.63) is 58.7 Å². The number of benzene rings is 2. The van der Waals surface area contributed by atoms with Gasteiger partial charge in [-0.2, -0.15) is 39.5 Å². The van der Waals surface area contributed by atoms with Gasteiger partial charge in [0.15, 0.2) is 0 Å². The molecular formula is C16H9ClF9P. The number of hydrogen-bond acceptors (Lipinski definition) is 0. The summed E-state index contributed by atoms with van der Waals surface area (Å²) in [6.45, 7) is 1.31. The average molecular weight is 439 g/mol. The second-order valence-electron chi connectivity index (χ2n) is 5.60. The Labute approximate surface area is 153 Å². The van der Waals surface area contributed by atoms with Gasteiger partial charge >= 0.3 is 18.5 Å². The number of rotatable bonds is 2. The zero-order chi connectivity index (χ0) is 20.8. The molecule has 0 saturated carbocycles. The smallest absolute Gasteiger partial charge is 0.166 e. The zero-order valence-corrected chi connectivity index (χ0v) is 14.8. The van der Waals surface area contributed by atoms with Gasteiger partial charge in [0.2, 0.25) is 0 Å². The fraction of sp³-hybridized carbons (Fsp3) is 0.250. The molecule has 0 spiro atoms. The fourth-order valence-electron chi connectivity index (χ4n) is 2.24. The monoisotopic (exact) mass is 438 g/mol. The van der Waals surface area contributed by atoms with Crippen LogP contribution in [-0.2, 0) is 18.5 Å². The van der Waals surface area contributed by atoms with Crippen LogP contribution < -0.4 is 10.6 Å². The highest BCUT2D eigenvalue weighted by atomic mass is 35.7. The molecule has 0 N–H and O–H groups in total. The van der Waals surface area contributed by atoms with Crippen molar-refractivity contribution in [1.82, 2.24) is 0 Å². The molecule has 0 aliphatic carbocycles. The van der Waals surface area contributed by atoms with Crippen molar-refractivity contribution in [2.45, 2.75) is 25.5 Å². The van der Waals surface area contributed by atoms with Crippen LogP contribution in [0.4, 0.5) is 39.5 Å². The molecule has 0 amide bonds. The first-order chi connectivity index (χ1) is 12.1. The van der Waals surface area contributed by atoms with Crippen LogP contribution >= 0.6 is 18.5 Å². The van der Waals surface area contributed by atoms with Crippen LogP contribution in [0.5, 0.6) is 0 Å². The number of halogens is 10. The summed E-state index contributed by atoms with van der Waals surface area (Å²) >= 11 is 6.03. The van der Waals surface area contributed by atoms with Gasteiger partial charge in [0.25, 0.3) is 0 Å². The third-order valence-corrected chi connectivity index (χ3v) is 6.01. The minimum atomic E-state index is -5.08. The Kier molecular flexibility index (Phi) is 5.79. The van der Waals surface area contributed by atoms with Gasteiger partial charge < -0.3 is 0 Å². The van der Waals surface area contributed by atoms with Crippen molar-refractivity contribution in [3.63, 3.8) is 0 Å². The van der Waals surface area contributed by atoms with E-state index < -0.39 is 47.8 Å². The maximum absolute atomic E-state index is 12.9. The lowest BCUT2D eigenvalue weighted by molar-refractivity contribution is -0.143. The van der Waals surface area contributed by atoms with Crippen LogP contribution in [-0.4, -0.2) is 0 Å². The third kappa shape index (κ3) is 5.29. The first-order valence-electron chi connectivity index (χ1n) is 7.03. The van der Waals surface area contributed by atoms with Crippen molar-refractivity contribution in [2.75, 3.05) is 0 Å². The highest BCUT2D eigenvalue weighted by molar-refractivity contribution is 7.95. The molecule has 2 aromatic carbocycles. The van der Waals surface area contributed by atoms with Crippen molar-refractivity contribution in [2.24, 2.45) is 0 Å². The Balaban J connectivity index is 2.62. The van der Waals surface area contributed by atoms with Gasteiger partial charge in [-0.05, 0) is 53.4 Å². The number of hydrogen-bond donors (Lipinski definition) is 0. The van der Waals surface area contributed by atoms with Crippen LogP contribution in [0.1, 0.15) is 22.3 Å². The van der Waals surface area contributed by atoms with Crippen LogP contribution in [0.15, 0.2) is 36.4 Å². The van der Waals surface area contributed by atoms with E-state index in [1.165, 1.54) is 13.0 Å². The molecule has 0 bridgehead atoms. The van der Waals surface area contributed by atoms with Gasteiger partial charge in [-0.15, -0.1) is 0 Å². The summed E-state index contributed by atoms with van der Waals surface area (Å²) in [5.41, 5.74) is -4.13. The van der Waals surface area contributed by atoms with Crippen LogP contribution in [0, 0.1) is 6.92 Å². The lowest BCUT2D eigenvalue weighted by atomic mass is 10.1. The summed E-state index contributed by atoms with van der Waals surface area (Å²) in [6.07, 6.45) is -14.9. The van der Waals surface area contributed by atoms with E-state index in [1.807, 2.05) is 0 Å². The van der Waals surface area contributed by atoms with E-state index >= 15 is 0 Å². The van der Waals surface area contributed by atoms with Crippen molar-refractivity contribution >= 4 is 29.1 Å². The SMILES string of the molecule is Cc1cc(P(Cl)c2cc(C(F)(F)F)cc(C(F)(F)F)c2)cc(C(F)(F)F)c1. The summed E-state index contributed by atoms with van der Waals surface area (Å²) in [5, 5.41) is -0.751. The molecule has 0 aliphatic rings. The Bertz CT molecular complexity index is 805. The Morgan fingerprint density at radius 3 is 1.30 bits per heavy atom. The molecule has 0 aliphatic heterocycles.